The molecule has 2 rings (SSSR count). The molecule has 1 aromatic carbocycles. The van der Waals surface area contributed by atoms with Gasteiger partial charge >= 0.3 is 0 Å². The number of likely N-dealkylation sites (tertiary alicyclic amines) is 1. The van der Waals surface area contributed by atoms with Crippen LogP contribution in [0.5, 0.6) is 5.75 Å². The van der Waals surface area contributed by atoms with Crippen LogP contribution in [0.2, 0.25) is 0 Å². The number of hydrogen-bond acceptors (Lipinski definition) is 3. The molecule has 3 heteroatoms. The minimum atomic E-state index is 0.488. The molecule has 0 amide bonds. The molecule has 1 atom stereocenters. The highest BCUT2D eigenvalue weighted by atomic mass is 16.5. The second-order valence-electron chi connectivity index (χ2n) is 5.27. The molecule has 1 unspecified atom stereocenters. The summed E-state index contributed by atoms with van der Waals surface area (Å²) in [6.45, 7) is 8.34. The van der Waals surface area contributed by atoms with E-state index in [-0.39, 0.29) is 0 Å². The van der Waals surface area contributed by atoms with Crippen molar-refractivity contribution in [3.63, 3.8) is 0 Å². The molecule has 0 spiro atoms. The minimum Gasteiger partial charge on any atom is -0.494 e. The van der Waals surface area contributed by atoms with E-state index in [0.717, 1.165) is 18.9 Å². The fraction of sp³-hybridized carbons (Fsp3) is 0.625. The lowest BCUT2D eigenvalue weighted by Crippen LogP contribution is -2.32. The van der Waals surface area contributed by atoms with Crippen molar-refractivity contribution in [3.05, 3.63) is 29.3 Å². The van der Waals surface area contributed by atoms with Gasteiger partial charge in [0.2, 0.25) is 0 Å². The zero-order chi connectivity index (χ0) is 13.7. The van der Waals surface area contributed by atoms with Crippen molar-refractivity contribution in [2.75, 3.05) is 33.3 Å². The quantitative estimate of drug-likeness (QED) is 0.853. The third-order valence-corrected chi connectivity index (χ3v) is 3.86. The van der Waals surface area contributed by atoms with Crippen LogP contribution >= 0.6 is 0 Å². The Morgan fingerprint density at radius 2 is 2.05 bits per heavy atom. The lowest BCUT2D eigenvalue weighted by Gasteiger charge is -2.28. The summed E-state index contributed by atoms with van der Waals surface area (Å²) in [4.78, 5) is 2.59. The van der Waals surface area contributed by atoms with Crippen LogP contribution in [0.4, 0.5) is 0 Å². The second kappa shape index (κ2) is 6.92. The van der Waals surface area contributed by atoms with E-state index < -0.39 is 0 Å². The summed E-state index contributed by atoms with van der Waals surface area (Å²) in [6, 6.07) is 7.11. The molecule has 0 radical (unpaired) electrons. The molecule has 0 aromatic heterocycles. The third-order valence-electron chi connectivity index (χ3n) is 3.86. The van der Waals surface area contributed by atoms with Crippen LogP contribution in [-0.2, 0) is 0 Å². The van der Waals surface area contributed by atoms with Gasteiger partial charge in [0.05, 0.1) is 6.61 Å². The summed E-state index contributed by atoms with van der Waals surface area (Å²) < 4.78 is 5.63. The third kappa shape index (κ3) is 3.48. The predicted molar refractivity (Wildman–Crippen MR) is 79.8 cm³/mol. The molecule has 19 heavy (non-hydrogen) atoms. The van der Waals surface area contributed by atoms with Crippen molar-refractivity contribution in [1.29, 1.82) is 0 Å². The lowest BCUT2D eigenvalue weighted by molar-refractivity contribution is 0.242. The molecule has 1 heterocycles. The summed E-state index contributed by atoms with van der Waals surface area (Å²) in [5.41, 5.74) is 2.64. The van der Waals surface area contributed by atoms with Crippen LogP contribution in [0.25, 0.3) is 0 Å². The van der Waals surface area contributed by atoms with Crippen LogP contribution in [0, 0.1) is 6.92 Å². The van der Waals surface area contributed by atoms with E-state index in [9.17, 15) is 0 Å². The number of nitrogens with one attached hydrogen (secondary N) is 1. The normalized spacial score (nSPS) is 17.6. The number of ether oxygens (including phenoxy) is 1. The van der Waals surface area contributed by atoms with Crippen LogP contribution in [0.15, 0.2) is 18.2 Å². The monoisotopic (exact) mass is 262 g/mol. The van der Waals surface area contributed by atoms with Gasteiger partial charge in [0.25, 0.3) is 0 Å². The maximum atomic E-state index is 5.63. The van der Waals surface area contributed by atoms with Gasteiger partial charge in [0.15, 0.2) is 0 Å². The molecule has 1 saturated heterocycles. The van der Waals surface area contributed by atoms with Crippen molar-refractivity contribution in [2.24, 2.45) is 0 Å². The molecule has 1 N–H and O–H groups in total. The van der Waals surface area contributed by atoms with Crippen molar-refractivity contribution in [1.82, 2.24) is 10.2 Å². The zero-order valence-electron chi connectivity index (χ0n) is 12.4. The van der Waals surface area contributed by atoms with E-state index in [1.807, 2.05) is 14.0 Å². The van der Waals surface area contributed by atoms with Crippen molar-refractivity contribution in [3.8, 4) is 5.75 Å². The number of likely N-dealkylation sites (N-methyl/N-ethyl adjacent to an activating group) is 1. The van der Waals surface area contributed by atoms with Gasteiger partial charge in [-0.15, -0.1) is 0 Å². The number of hydrogen-bond donors (Lipinski definition) is 1. The Morgan fingerprint density at radius 1 is 1.32 bits per heavy atom. The smallest absolute Gasteiger partial charge is 0.122 e. The zero-order valence-corrected chi connectivity index (χ0v) is 12.4. The topological polar surface area (TPSA) is 24.5 Å². The van der Waals surface area contributed by atoms with Gasteiger partial charge < -0.3 is 10.1 Å². The van der Waals surface area contributed by atoms with Crippen molar-refractivity contribution in [2.45, 2.75) is 32.7 Å². The first kappa shape index (κ1) is 14.4. The van der Waals surface area contributed by atoms with E-state index in [0.29, 0.717) is 6.04 Å². The number of aryl methyl sites for hydroxylation is 1. The summed E-state index contributed by atoms with van der Waals surface area (Å²) in [5, 5.41) is 3.33. The van der Waals surface area contributed by atoms with Crippen molar-refractivity contribution < 1.29 is 4.74 Å². The molecule has 1 aromatic rings. The molecule has 106 valence electrons. The van der Waals surface area contributed by atoms with E-state index >= 15 is 0 Å². The number of rotatable bonds is 6. The average Bonchev–Trinajstić information content (AvgIpc) is 2.92. The van der Waals surface area contributed by atoms with Gasteiger partial charge in [-0.05, 0) is 64.0 Å². The Kier molecular flexibility index (Phi) is 5.23. The van der Waals surface area contributed by atoms with Crippen LogP contribution in [-0.4, -0.2) is 38.2 Å². The van der Waals surface area contributed by atoms with Crippen LogP contribution in [0.1, 0.15) is 36.9 Å². The molecular formula is C16H26N2O. The Labute approximate surface area is 116 Å². The van der Waals surface area contributed by atoms with Gasteiger partial charge in [-0.2, -0.15) is 0 Å². The molecule has 3 nitrogen and oxygen atoms in total. The number of nitrogens with zero attached hydrogens (tertiary/aromatic N) is 1. The van der Waals surface area contributed by atoms with Gasteiger partial charge in [-0.25, -0.2) is 0 Å². The average molecular weight is 262 g/mol. The van der Waals surface area contributed by atoms with Crippen LogP contribution < -0.4 is 10.1 Å². The Bertz CT molecular complexity index is 400. The second-order valence-corrected chi connectivity index (χ2v) is 5.27. The summed E-state index contributed by atoms with van der Waals surface area (Å²) in [7, 11) is 2.03. The molecule has 1 aliphatic heterocycles. The highest BCUT2D eigenvalue weighted by molar-refractivity contribution is 5.37. The Morgan fingerprint density at radius 3 is 2.63 bits per heavy atom. The van der Waals surface area contributed by atoms with Gasteiger partial charge in [-0.3, -0.25) is 4.90 Å². The molecule has 0 saturated carbocycles. The van der Waals surface area contributed by atoms with E-state index in [1.165, 1.54) is 37.1 Å². The summed E-state index contributed by atoms with van der Waals surface area (Å²) in [6.07, 6.45) is 2.66. The summed E-state index contributed by atoms with van der Waals surface area (Å²) >= 11 is 0. The molecular weight excluding hydrogens is 236 g/mol. The Balaban J connectivity index is 2.18. The molecule has 0 aliphatic carbocycles. The van der Waals surface area contributed by atoms with E-state index in [4.69, 9.17) is 4.74 Å². The van der Waals surface area contributed by atoms with Gasteiger partial charge in [0.1, 0.15) is 5.75 Å². The first-order chi connectivity index (χ1) is 9.26. The highest BCUT2D eigenvalue weighted by Crippen LogP contribution is 2.28. The molecule has 1 aliphatic rings. The highest BCUT2D eigenvalue weighted by Gasteiger charge is 2.23. The first-order valence-electron chi connectivity index (χ1n) is 7.38. The minimum absolute atomic E-state index is 0.488. The Hall–Kier alpha value is -1.06. The SMILES string of the molecule is CCOc1ccc(C(CNC)N2CCCC2)cc1C. The van der Waals surface area contributed by atoms with Crippen LogP contribution in [0.3, 0.4) is 0 Å². The van der Waals surface area contributed by atoms with Crippen molar-refractivity contribution >= 4 is 0 Å². The largest absolute Gasteiger partial charge is 0.494 e. The van der Waals surface area contributed by atoms with Gasteiger partial charge in [0, 0.05) is 12.6 Å². The van der Waals surface area contributed by atoms with E-state index in [1.54, 1.807) is 0 Å². The fourth-order valence-electron chi connectivity index (χ4n) is 2.90. The predicted octanol–water partition coefficient (Wildman–Crippen LogP) is 2.75. The first-order valence-corrected chi connectivity index (χ1v) is 7.38. The fourth-order valence-corrected chi connectivity index (χ4v) is 2.90. The lowest BCUT2D eigenvalue weighted by atomic mass is 10.0. The maximum Gasteiger partial charge on any atom is 0.122 e. The van der Waals surface area contributed by atoms with Gasteiger partial charge in [-0.1, -0.05) is 12.1 Å². The summed E-state index contributed by atoms with van der Waals surface area (Å²) in [5.74, 6) is 1.01. The molecule has 0 bridgehead atoms. The number of benzene rings is 1. The maximum absolute atomic E-state index is 5.63. The standard InChI is InChI=1S/C16H26N2O/c1-4-19-16-8-7-14(11-13(16)2)15(12-17-3)18-9-5-6-10-18/h7-8,11,15,17H,4-6,9-10,12H2,1-3H3. The molecule has 1 fully saturated rings. The van der Waals surface area contributed by atoms with E-state index in [2.05, 4.69) is 35.3 Å².